The fourth-order valence-electron chi connectivity index (χ4n) is 6.81. The molecule has 0 fully saturated rings. The highest BCUT2D eigenvalue weighted by Gasteiger charge is 2.20. The van der Waals surface area contributed by atoms with Crippen LogP contribution in [-0.2, 0) is 0 Å². The minimum atomic E-state index is 0.580. The molecule has 210 valence electrons. The van der Waals surface area contributed by atoms with Gasteiger partial charge in [0, 0.05) is 43.7 Å². The molecule has 10 aromatic rings. The zero-order valence-corrected chi connectivity index (χ0v) is 23.9. The Labute approximate surface area is 256 Å². The maximum absolute atomic E-state index is 6.30. The van der Waals surface area contributed by atoms with Crippen molar-refractivity contribution >= 4 is 65.8 Å². The first-order valence-electron chi connectivity index (χ1n) is 15.0. The van der Waals surface area contributed by atoms with Crippen molar-refractivity contribution in [2.45, 2.75) is 0 Å². The van der Waals surface area contributed by atoms with Crippen molar-refractivity contribution in [3.63, 3.8) is 0 Å². The van der Waals surface area contributed by atoms with Crippen LogP contribution in [0.4, 0.5) is 0 Å². The van der Waals surface area contributed by atoms with Gasteiger partial charge in [0.15, 0.2) is 5.82 Å². The summed E-state index contributed by atoms with van der Waals surface area (Å²) in [5.41, 5.74) is 9.24. The third-order valence-corrected chi connectivity index (χ3v) is 8.82. The van der Waals surface area contributed by atoms with E-state index in [1.54, 1.807) is 0 Å². The molecule has 6 aromatic carbocycles. The molecule has 0 amide bonds. The number of furan rings is 2. The minimum absolute atomic E-state index is 0.580. The number of hydrogen-bond acceptors (Lipinski definition) is 4. The van der Waals surface area contributed by atoms with Gasteiger partial charge in [0.05, 0.1) is 22.1 Å². The van der Waals surface area contributed by atoms with E-state index in [9.17, 15) is 0 Å². The van der Waals surface area contributed by atoms with Gasteiger partial charge in [-0.25, -0.2) is 4.98 Å². The molecule has 5 heteroatoms. The molecular weight excluding hydrogens is 554 g/mol. The van der Waals surface area contributed by atoms with Crippen LogP contribution in [0.1, 0.15) is 0 Å². The van der Waals surface area contributed by atoms with E-state index in [2.05, 4.69) is 83.4 Å². The molecule has 0 aliphatic rings. The van der Waals surface area contributed by atoms with Gasteiger partial charge in [-0.3, -0.25) is 0 Å². The van der Waals surface area contributed by atoms with Crippen molar-refractivity contribution in [3.05, 3.63) is 140 Å². The summed E-state index contributed by atoms with van der Waals surface area (Å²) in [6, 6.07) is 48.0. The number of hydrogen-bond donors (Lipinski definition) is 0. The van der Waals surface area contributed by atoms with Gasteiger partial charge in [0.25, 0.3) is 0 Å². The van der Waals surface area contributed by atoms with Crippen LogP contribution >= 0.6 is 0 Å². The standard InChI is InChI=1S/C40H23N3O2/c1-2-11-24(12-3-1)39-41-38(37-29-17-6-9-20-35(29)45-40(37)42-39)25-13-10-14-26(21-25)43-32-18-7-4-15-27(32)30-23-36-31(22-33(30)43)28-16-5-8-19-34(28)44-36/h1-23H. The smallest absolute Gasteiger partial charge is 0.231 e. The molecule has 4 heterocycles. The summed E-state index contributed by atoms with van der Waals surface area (Å²) in [6.45, 7) is 0. The lowest BCUT2D eigenvalue weighted by atomic mass is 10.0. The Morgan fingerprint density at radius 2 is 1.16 bits per heavy atom. The predicted octanol–water partition coefficient (Wildman–Crippen LogP) is 10.7. The van der Waals surface area contributed by atoms with E-state index < -0.39 is 0 Å². The number of nitrogens with zero attached hydrogens (tertiary/aromatic N) is 3. The van der Waals surface area contributed by atoms with Gasteiger partial charge in [-0.2, -0.15) is 4.98 Å². The lowest BCUT2D eigenvalue weighted by Crippen LogP contribution is -1.97. The fourth-order valence-corrected chi connectivity index (χ4v) is 6.81. The largest absolute Gasteiger partial charge is 0.456 e. The molecule has 0 atom stereocenters. The summed E-state index contributed by atoms with van der Waals surface area (Å²) in [6.07, 6.45) is 0. The van der Waals surface area contributed by atoms with E-state index in [-0.39, 0.29) is 0 Å². The summed E-state index contributed by atoms with van der Waals surface area (Å²) in [7, 11) is 0. The van der Waals surface area contributed by atoms with Crippen molar-refractivity contribution in [1.29, 1.82) is 0 Å². The first-order chi connectivity index (χ1) is 22.3. The Hall–Kier alpha value is -6.20. The van der Waals surface area contributed by atoms with Gasteiger partial charge in [0.2, 0.25) is 5.71 Å². The summed E-state index contributed by atoms with van der Waals surface area (Å²) >= 11 is 0. The molecule has 0 N–H and O–H groups in total. The number of aromatic nitrogens is 3. The average molecular weight is 578 g/mol. The number of fused-ring (bicyclic) bond motifs is 9. The van der Waals surface area contributed by atoms with Crippen LogP contribution in [0.15, 0.2) is 148 Å². The molecule has 0 saturated carbocycles. The van der Waals surface area contributed by atoms with Crippen molar-refractivity contribution in [1.82, 2.24) is 14.5 Å². The van der Waals surface area contributed by atoms with Crippen LogP contribution in [-0.4, -0.2) is 14.5 Å². The zero-order chi connectivity index (χ0) is 29.5. The first-order valence-corrected chi connectivity index (χ1v) is 15.0. The second-order valence-corrected chi connectivity index (χ2v) is 11.4. The third kappa shape index (κ3) is 3.55. The lowest BCUT2D eigenvalue weighted by Gasteiger charge is -2.11. The van der Waals surface area contributed by atoms with Crippen LogP contribution in [0.25, 0.3) is 94.1 Å². The van der Waals surface area contributed by atoms with E-state index in [1.807, 2.05) is 60.7 Å². The highest BCUT2D eigenvalue weighted by molar-refractivity contribution is 6.17. The van der Waals surface area contributed by atoms with Gasteiger partial charge in [-0.1, -0.05) is 97.1 Å². The quantitative estimate of drug-likeness (QED) is 0.210. The van der Waals surface area contributed by atoms with Gasteiger partial charge < -0.3 is 13.4 Å². The van der Waals surface area contributed by atoms with Crippen LogP contribution in [0.5, 0.6) is 0 Å². The monoisotopic (exact) mass is 577 g/mol. The Balaban J connectivity index is 1.26. The van der Waals surface area contributed by atoms with Crippen molar-refractivity contribution < 1.29 is 8.83 Å². The highest BCUT2D eigenvalue weighted by Crippen LogP contribution is 2.40. The van der Waals surface area contributed by atoms with Gasteiger partial charge in [-0.15, -0.1) is 0 Å². The van der Waals surface area contributed by atoms with Crippen molar-refractivity contribution in [2.75, 3.05) is 0 Å². The maximum atomic E-state index is 6.30. The van der Waals surface area contributed by atoms with E-state index in [4.69, 9.17) is 18.8 Å². The second-order valence-electron chi connectivity index (χ2n) is 11.4. The van der Waals surface area contributed by atoms with E-state index in [0.717, 1.165) is 77.2 Å². The Bertz CT molecular complexity index is 2770. The summed E-state index contributed by atoms with van der Waals surface area (Å²) in [4.78, 5) is 10.1. The molecule has 0 radical (unpaired) electrons. The van der Waals surface area contributed by atoms with E-state index >= 15 is 0 Å². The average Bonchev–Trinajstić information content (AvgIpc) is 3.76. The first kappa shape index (κ1) is 24.3. The lowest BCUT2D eigenvalue weighted by molar-refractivity contribution is 0.653. The molecule has 45 heavy (non-hydrogen) atoms. The molecule has 0 spiro atoms. The number of benzene rings is 6. The molecule has 5 nitrogen and oxygen atoms in total. The molecule has 10 rings (SSSR count). The summed E-state index contributed by atoms with van der Waals surface area (Å²) < 4.78 is 14.9. The Morgan fingerprint density at radius 3 is 2.02 bits per heavy atom. The maximum Gasteiger partial charge on any atom is 0.231 e. The third-order valence-electron chi connectivity index (χ3n) is 8.82. The normalized spacial score (nSPS) is 12.0. The van der Waals surface area contributed by atoms with Crippen LogP contribution in [0, 0.1) is 0 Å². The SMILES string of the molecule is c1ccc(-c2nc(-c3cccc(-n4c5ccccc5c5cc6oc7ccccc7c6cc54)c3)c3c(n2)oc2ccccc23)cc1. The van der Waals surface area contributed by atoms with Gasteiger partial charge >= 0.3 is 0 Å². The van der Waals surface area contributed by atoms with Crippen molar-refractivity contribution in [2.24, 2.45) is 0 Å². The predicted molar refractivity (Wildman–Crippen MR) is 182 cm³/mol. The van der Waals surface area contributed by atoms with Crippen LogP contribution in [0.2, 0.25) is 0 Å². The van der Waals surface area contributed by atoms with Crippen LogP contribution < -0.4 is 0 Å². The molecular formula is C40H23N3O2. The molecule has 0 aliphatic heterocycles. The number of para-hydroxylation sites is 3. The summed E-state index contributed by atoms with van der Waals surface area (Å²) in [5, 5.41) is 6.46. The fraction of sp³-hybridized carbons (Fsp3) is 0. The molecule has 4 aromatic heterocycles. The highest BCUT2D eigenvalue weighted by atomic mass is 16.3. The van der Waals surface area contributed by atoms with E-state index in [0.29, 0.717) is 11.5 Å². The molecule has 0 unspecified atom stereocenters. The number of rotatable bonds is 3. The Morgan fingerprint density at radius 1 is 0.444 bits per heavy atom. The molecule has 0 bridgehead atoms. The minimum Gasteiger partial charge on any atom is -0.456 e. The summed E-state index contributed by atoms with van der Waals surface area (Å²) in [5.74, 6) is 0.633. The van der Waals surface area contributed by atoms with E-state index in [1.165, 1.54) is 5.39 Å². The van der Waals surface area contributed by atoms with Gasteiger partial charge in [-0.05, 0) is 42.5 Å². The molecule has 0 saturated heterocycles. The van der Waals surface area contributed by atoms with Crippen LogP contribution in [0.3, 0.4) is 0 Å². The topological polar surface area (TPSA) is 57.0 Å². The Kier molecular flexibility index (Phi) is 4.93. The van der Waals surface area contributed by atoms with Crippen molar-refractivity contribution in [3.8, 4) is 28.3 Å². The second kappa shape index (κ2) is 9.15. The zero-order valence-electron chi connectivity index (χ0n) is 23.9. The van der Waals surface area contributed by atoms with Gasteiger partial charge in [0.1, 0.15) is 16.7 Å². The molecule has 0 aliphatic carbocycles.